The maximum absolute atomic E-state index is 13.0. The fourth-order valence-corrected chi connectivity index (χ4v) is 3.37. The normalized spacial score (nSPS) is 16.6. The fourth-order valence-electron chi connectivity index (χ4n) is 3.37. The van der Waals surface area contributed by atoms with E-state index in [1.807, 2.05) is 9.47 Å². The van der Waals surface area contributed by atoms with E-state index in [4.69, 9.17) is 0 Å². The Hall–Kier alpha value is -1.85. The number of imidazole rings is 1. The number of fused-ring (bicyclic) bond motifs is 1. The van der Waals surface area contributed by atoms with Gasteiger partial charge in [-0.2, -0.15) is 0 Å². The summed E-state index contributed by atoms with van der Waals surface area (Å²) >= 11 is 0. The van der Waals surface area contributed by atoms with Crippen molar-refractivity contribution in [1.82, 2.24) is 19.8 Å². The van der Waals surface area contributed by atoms with Gasteiger partial charge in [-0.05, 0) is 44.9 Å². The Balaban J connectivity index is 1.90. The molecule has 1 aliphatic carbocycles. The first kappa shape index (κ1) is 17.0. The second kappa shape index (κ2) is 7.36. The first-order valence-electron chi connectivity index (χ1n) is 9.35. The number of amides is 2. The van der Waals surface area contributed by atoms with Crippen molar-refractivity contribution in [3.63, 3.8) is 0 Å². The molecular formula is C18H28N4O2. The minimum Gasteiger partial charge on any atom is -0.347 e. The molecule has 1 aromatic rings. The van der Waals surface area contributed by atoms with Gasteiger partial charge in [0.15, 0.2) is 5.82 Å². The molecule has 2 heterocycles. The van der Waals surface area contributed by atoms with E-state index >= 15 is 0 Å². The molecule has 1 aromatic heterocycles. The van der Waals surface area contributed by atoms with Crippen LogP contribution in [0.25, 0.3) is 0 Å². The van der Waals surface area contributed by atoms with Crippen LogP contribution in [0.3, 0.4) is 0 Å². The first-order chi connectivity index (χ1) is 11.7. The van der Waals surface area contributed by atoms with Crippen molar-refractivity contribution in [2.75, 3.05) is 13.1 Å². The molecular weight excluding hydrogens is 304 g/mol. The topological polar surface area (TPSA) is 67.2 Å². The largest absolute Gasteiger partial charge is 0.347 e. The van der Waals surface area contributed by atoms with Crippen LogP contribution in [0, 0.1) is 0 Å². The smallest absolute Gasteiger partial charge is 0.287 e. The van der Waals surface area contributed by atoms with Crippen molar-refractivity contribution >= 4 is 11.8 Å². The lowest BCUT2D eigenvalue weighted by atomic mass is 10.1. The summed E-state index contributed by atoms with van der Waals surface area (Å²) in [6.07, 6.45) is 6.87. The monoisotopic (exact) mass is 332 g/mol. The second-order valence-corrected chi connectivity index (χ2v) is 6.88. The Morgan fingerprint density at radius 1 is 1.21 bits per heavy atom. The van der Waals surface area contributed by atoms with Gasteiger partial charge in [0.25, 0.3) is 11.8 Å². The maximum Gasteiger partial charge on any atom is 0.287 e. The summed E-state index contributed by atoms with van der Waals surface area (Å²) in [7, 11) is 0. The number of nitrogens with zero attached hydrogens (tertiary/aromatic N) is 3. The predicted molar refractivity (Wildman–Crippen MR) is 92.1 cm³/mol. The van der Waals surface area contributed by atoms with Crippen LogP contribution in [0.2, 0.25) is 0 Å². The van der Waals surface area contributed by atoms with Crippen molar-refractivity contribution in [3.05, 3.63) is 17.2 Å². The molecule has 0 atom stereocenters. The summed E-state index contributed by atoms with van der Waals surface area (Å²) in [4.78, 5) is 31.9. The maximum atomic E-state index is 13.0. The quantitative estimate of drug-likeness (QED) is 0.833. The summed E-state index contributed by atoms with van der Waals surface area (Å²) in [6.45, 7) is 6.41. The molecule has 1 aliphatic heterocycles. The minimum atomic E-state index is -0.128. The zero-order valence-electron chi connectivity index (χ0n) is 14.8. The molecule has 0 bridgehead atoms. The van der Waals surface area contributed by atoms with Gasteiger partial charge in [0.2, 0.25) is 0 Å². The van der Waals surface area contributed by atoms with Crippen LogP contribution >= 0.6 is 0 Å². The Labute approximate surface area is 143 Å². The average Bonchev–Trinajstić information content (AvgIpc) is 3.31. The highest BCUT2D eigenvalue weighted by Crippen LogP contribution is 2.24. The molecule has 0 aromatic carbocycles. The van der Waals surface area contributed by atoms with Crippen molar-refractivity contribution in [2.45, 2.75) is 71.4 Å². The van der Waals surface area contributed by atoms with E-state index in [1.165, 1.54) is 0 Å². The first-order valence-corrected chi connectivity index (χ1v) is 9.35. The summed E-state index contributed by atoms with van der Waals surface area (Å²) in [6, 6.07) is 0.296. The van der Waals surface area contributed by atoms with Crippen molar-refractivity contribution in [3.8, 4) is 0 Å². The van der Waals surface area contributed by atoms with E-state index in [2.05, 4.69) is 24.1 Å². The SMILES string of the molecule is CCCN(CCC)C(=O)c1nc(C(=O)NC2CC2)n2c1CCCC2. The van der Waals surface area contributed by atoms with Crippen LogP contribution < -0.4 is 5.32 Å². The number of carbonyl (C=O) groups excluding carboxylic acids is 2. The molecule has 0 spiro atoms. The molecule has 0 radical (unpaired) electrons. The minimum absolute atomic E-state index is 0.0187. The lowest BCUT2D eigenvalue weighted by Crippen LogP contribution is -2.33. The summed E-state index contributed by atoms with van der Waals surface area (Å²) in [5.41, 5.74) is 1.45. The van der Waals surface area contributed by atoms with Gasteiger partial charge in [0.1, 0.15) is 5.69 Å². The highest BCUT2D eigenvalue weighted by molar-refractivity contribution is 5.97. The molecule has 2 aliphatic rings. The molecule has 24 heavy (non-hydrogen) atoms. The summed E-state index contributed by atoms with van der Waals surface area (Å²) in [5, 5.41) is 3.00. The van der Waals surface area contributed by atoms with Crippen molar-refractivity contribution in [1.29, 1.82) is 0 Å². The van der Waals surface area contributed by atoms with Crippen LogP contribution in [0.5, 0.6) is 0 Å². The zero-order valence-corrected chi connectivity index (χ0v) is 14.8. The average molecular weight is 332 g/mol. The van der Waals surface area contributed by atoms with Crippen LogP contribution in [0.15, 0.2) is 0 Å². The van der Waals surface area contributed by atoms with E-state index in [0.717, 1.165) is 70.3 Å². The molecule has 6 nitrogen and oxygen atoms in total. The standard InChI is InChI=1S/C18H28N4O2/c1-3-10-21(11-4-2)18(24)15-14-7-5-6-12-22(14)16(20-15)17(23)19-13-8-9-13/h13H,3-12H2,1-2H3,(H,19,23). The van der Waals surface area contributed by atoms with Gasteiger partial charge in [0.05, 0.1) is 5.69 Å². The summed E-state index contributed by atoms with van der Waals surface area (Å²) < 4.78 is 1.98. The van der Waals surface area contributed by atoms with Crippen LogP contribution in [-0.2, 0) is 13.0 Å². The van der Waals surface area contributed by atoms with Gasteiger partial charge in [-0.3, -0.25) is 9.59 Å². The molecule has 1 saturated carbocycles. The zero-order chi connectivity index (χ0) is 17.1. The predicted octanol–water partition coefficient (Wildman–Crippen LogP) is 2.37. The number of hydrogen-bond donors (Lipinski definition) is 1. The third-order valence-electron chi connectivity index (χ3n) is 4.71. The third-order valence-corrected chi connectivity index (χ3v) is 4.71. The van der Waals surface area contributed by atoms with Crippen molar-refractivity contribution < 1.29 is 9.59 Å². The van der Waals surface area contributed by atoms with Gasteiger partial charge in [-0.25, -0.2) is 4.98 Å². The Kier molecular flexibility index (Phi) is 5.21. The second-order valence-electron chi connectivity index (χ2n) is 6.88. The van der Waals surface area contributed by atoms with Gasteiger partial charge < -0.3 is 14.8 Å². The van der Waals surface area contributed by atoms with Gasteiger partial charge in [-0.15, -0.1) is 0 Å². The summed E-state index contributed by atoms with van der Waals surface area (Å²) in [5.74, 6) is 0.278. The Morgan fingerprint density at radius 3 is 2.54 bits per heavy atom. The molecule has 1 fully saturated rings. The molecule has 2 amide bonds. The number of aromatic nitrogens is 2. The highest BCUT2D eigenvalue weighted by Gasteiger charge is 2.31. The van der Waals surface area contributed by atoms with E-state index in [1.54, 1.807) is 0 Å². The number of hydrogen-bond acceptors (Lipinski definition) is 3. The number of rotatable bonds is 7. The molecule has 6 heteroatoms. The van der Waals surface area contributed by atoms with E-state index < -0.39 is 0 Å². The highest BCUT2D eigenvalue weighted by atomic mass is 16.2. The van der Waals surface area contributed by atoms with Crippen LogP contribution in [0.4, 0.5) is 0 Å². The van der Waals surface area contributed by atoms with Crippen LogP contribution in [0.1, 0.15) is 79.2 Å². The Bertz CT molecular complexity index is 613. The Morgan fingerprint density at radius 2 is 1.92 bits per heavy atom. The fraction of sp³-hybridized carbons (Fsp3) is 0.722. The number of nitrogens with one attached hydrogen (secondary N) is 1. The van der Waals surface area contributed by atoms with E-state index in [-0.39, 0.29) is 11.8 Å². The molecule has 3 rings (SSSR count). The third kappa shape index (κ3) is 3.47. The lowest BCUT2D eigenvalue weighted by Gasteiger charge is -2.22. The lowest BCUT2D eigenvalue weighted by molar-refractivity contribution is 0.0748. The van der Waals surface area contributed by atoms with E-state index in [9.17, 15) is 9.59 Å². The van der Waals surface area contributed by atoms with Crippen LogP contribution in [-0.4, -0.2) is 45.4 Å². The number of carbonyl (C=O) groups is 2. The molecule has 0 saturated heterocycles. The van der Waals surface area contributed by atoms with Gasteiger partial charge in [0, 0.05) is 25.7 Å². The van der Waals surface area contributed by atoms with Crippen molar-refractivity contribution in [2.24, 2.45) is 0 Å². The molecule has 1 N–H and O–H groups in total. The van der Waals surface area contributed by atoms with E-state index in [0.29, 0.717) is 17.6 Å². The van der Waals surface area contributed by atoms with Gasteiger partial charge in [-0.1, -0.05) is 13.8 Å². The van der Waals surface area contributed by atoms with Gasteiger partial charge >= 0.3 is 0 Å². The molecule has 0 unspecified atom stereocenters. The molecule has 132 valence electrons.